The average Bonchev–Trinajstić information content (AvgIpc) is 3.07. The van der Waals surface area contributed by atoms with Gasteiger partial charge in [0.05, 0.1) is 17.4 Å². The zero-order valence-corrected chi connectivity index (χ0v) is 15.1. The molecule has 0 aliphatic carbocycles. The van der Waals surface area contributed by atoms with Crippen LogP contribution >= 0.6 is 11.6 Å². The van der Waals surface area contributed by atoms with Gasteiger partial charge in [-0.25, -0.2) is 9.07 Å². The van der Waals surface area contributed by atoms with Crippen molar-refractivity contribution in [3.8, 4) is 5.69 Å². The minimum Gasteiger partial charge on any atom is -0.352 e. The predicted molar refractivity (Wildman–Crippen MR) is 96.0 cm³/mol. The summed E-state index contributed by atoms with van der Waals surface area (Å²) in [5.74, 6) is -1.34. The lowest BCUT2D eigenvalue weighted by atomic mass is 10.1. The Morgan fingerprint density at radius 1 is 1.14 bits per heavy atom. The van der Waals surface area contributed by atoms with Gasteiger partial charge in [0.15, 0.2) is 5.69 Å². The zero-order valence-electron chi connectivity index (χ0n) is 14.3. The minimum atomic E-state index is -4.81. The first-order chi connectivity index (χ1) is 13.3. The Morgan fingerprint density at radius 2 is 1.89 bits per heavy atom. The van der Waals surface area contributed by atoms with Crippen molar-refractivity contribution in [3.05, 3.63) is 82.4 Å². The number of carbonyl (C=O) groups is 1. The molecule has 4 nitrogen and oxygen atoms in total. The number of alkyl halides is 3. The van der Waals surface area contributed by atoms with E-state index in [1.807, 2.05) is 0 Å². The fourth-order valence-corrected chi connectivity index (χ4v) is 2.88. The van der Waals surface area contributed by atoms with Gasteiger partial charge in [-0.15, -0.1) is 0 Å². The molecule has 1 heterocycles. The first-order valence-corrected chi connectivity index (χ1v) is 8.57. The van der Waals surface area contributed by atoms with Gasteiger partial charge in [0.2, 0.25) is 0 Å². The van der Waals surface area contributed by atoms with Gasteiger partial charge in [0.1, 0.15) is 5.82 Å². The van der Waals surface area contributed by atoms with E-state index in [1.165, 1.54) is 42.5 Å². The van der Waals surface area contributed by atoms with Crippen LogP contribution in [0.5, 0.6) is 0 Å². The SMILES string of the molecule is O=C(NCCc1cccc(F)c1)c1cnn(-c2cccc(Cl)c2)c1C(F)(F)F. The molecule has 3 aromatic rings. The summed E-state index contributed by atoms with van der Waals surface area (Å²) >= 11 is 5.84. The molecule has 28 heavy (non-hydrogen) atoms. The Morgan fingerprint density at radius 3 is 2.57 bits per heavy atom. The maximum atomic E-state index is 13.6. The van der Waals surface area contributed by atoms with Crippen molar-refractivity contribution in [2.75, 3.05) is 6.54 Å². The van der Waals surface area contributed by atoms with Crippen molar-refractivity contribution in [2.24, 2.45) is 0 Å². The maximum Gasteiger partial charge on any atom is 0.434 e. The first-order valence-electron chi connectivity index (χ1n) is 8.19. The summed E-state index contributed by atoms with van der Waals surface area (Å²) in [5.41, 5.74) is -1.10. The molecule has 1 N–H and O–H groups in total. The van der Waals surface area contributed by atoms with Crippen LogP contribution in [0.4, 0.5) is 17.6 Å². The number of nitrogens with one attached hydrogen (secondary N) is 1. The van der Waals surface area contributed by atoms with Crippen LogP contribution in [0.25, 0.3) is 5.69 Å². The van der Waals surface area contributed by atoms with E-state index in [0.29, 0.717) is 10.2 Å². The van der Waals surface area contributed by atoms with Crippen LogP contribution in [-0.4, -0.2) is 22.2 Å². The highest BCUT2D eigenvalue weighted by Gasteiger charge is 2.40. The van der Waals surface area contributed by atoms with Gasteiger partial charge in [-0.3, -0.25) is 4.79 Å². The van der Waals surface area contributed by atoms with E-state index in [0.717, 1.165) is 6.20 Å². The van der Waals surface area contributed by atoms with Crippen LogP contribution in [0.1, 0.15) is 21.6 Å². The largest absolute Gasteiger partial charge is 0.434 e. The lowest BCUT2D eigenvalue weighted by Gasteiger charge is -2.13. The second kappa shape index (κ2) is 8.02. The van der Waals surface area contributed by atoms with Gasteiger partial charge in [-0.1, -0.05) is 29.8 Å². The third-order valence-corrected chi connectivity index (χ3v) is 4.16. The van der Waals surface area contributed by atoms with Crippen molar-refractivity contribution in [1.29, 1.82) is 0 Å². The molecular formula is C19H14ClF4N3O. The molecule has 9 heteroatoms. The van der Waals surface area contributed by atoms with Crippen LogP contribution in [0.2, 0.25) is 5.02 Å². The quantitative estimate of drug-likeness (QED) is 0.621. The van der Waals surface area contributed by atoms with E-state index in [2.05, 4.69) is 10.4 Å². The van der Waals surface area contributed by atoms with Crippen molar-refractivity contribution >= 4 is 17.5 Å². The van der Waals surface area contributed by atoms with Crippen molar-refractivity contribution in [1.82, 2.24) is 15.1 Å². The van der Waals surface area contributed by atoms with Gasteiger partial charge in [-0.05, 0) is 42.3 Å². The normalized spacial score (nSPS) is 11.5. The number of aromatic nitrogens is 2. The highest BCUT2D eigenvalue weighted by molar-refractivity contribution is 6.30. The molecule has 0 bridgehead atoms. The monoisotopic (exact) mass is 411 g/mol. The number of hydrogen-bond acceptors (Lipinski definition) is 2. The van der Waals surface area contributed by atoms with E-state index in [4.69, 9.17) is 11.6 Å². The van der Waals surface area contributed by atoms with Gasteiger partial charge in [-0.2, -0.15) is 18.3 Å². The third kappa shape index (κ3) is 4.51. The maximum absolute atomic E-state index is 13.6. The lowest BCUT2D eigenvalue weighted by Crippen LogP contribution is -2.28. The Hall–Kier alpha value is -2.87. The summed E-state index contributed by atoms with van der Waals surface area (Å²) in [6.07, 6.45) is -3.68. The summed E-state index contributed by atoms with van der Waals surface area (Å²) in [4.78, 5) is 12.3. The zero-order chi connectivity index (χ0) is 20.3. The molecule has 0 aliphatic rings. The fourth-order valence-electron chi connectivity index (χ4n) is 2.70. The number of nitrogens with zero attached hydrogens (tertiary/aromatic N) is 2. The van der Waals surface area contributed by atoms with E-state index in [9.17, 15) is 22.4 Å². The number of halogens is 5. The lowest BCUT2D eigenvalue weighted by molar-refractivity contribution is -0.143. The highest BCUT2D eigenvalue weighted by Crippen LogP contribution is 2.34. The third-order valence-electron chi connectivity index (χ3n) is 3.92. The van der Waals surface area contributed by atoms with Gasteiger partial charge >= 0.3 is 6.18 Å². The molecule has 0 saturated heterocycles. The Bertz CT molecular complexity index is 1000. The number of rotatable bonds is 5. The summed E-state index contributed by atoms with van der Waals surface area (Å²) in [5, 5.41) is 6.37. The predicted octanol–water partition coefficient (Wildman–Crippen LogP) is 4.66. The molecule has 3 rings (SSSR count). The molecule has 1 amide bonds. The van der Waals surface area contributed by atoms with Crippen LogP contribution < -0.4 is 5.32 Å². The van der Waals surface area contributed by atoms with Crippen molar-refractivity contribution in [3.63, 3.8) is 0 Å². The average molecular weight is 412 g/mol. The molecule has 2 aromatic carbocycles. The fraction of sp³-hybridized carbons (Fsp3) is 0.158. The Labute approximate surface area is 162 Å². The first kappa shape index (κ1) is 19.9. The van der Waals surface area contributed by atoms with E-state index in [-0.39, 0.29) is 23.7 Å². The molecule has 0 aliphatic heterocycles. The second-order valence-corrected chi connectivity index (χ2v) is 6.37. The Balaban J connectivity index is 1.82. The number of amides is 1. The smallest absolute Gasteiger partial charge is 0.352 e. The summed E-state index contributed by atoms with van der Waals surface area (Å²) in [6.45, 7) is 0.0436. The molecule has 0 fully saturated rings. The molecule has 0 saturated carbocycles. The highest BCUT2D eigenvalue weighted by atomic mass is 35.5. The van der Waals surface area contributed by atoms with Crippen LogP contribution in [0.3, 0.4) is 0 Å². The number of benzene rings is 2. The molecule has 1 aromatic heterocycles. The van der Waals surface area contributed by atoms with E-state index >= 15 is 0 Å². The molecular weight excluding hydrogens is 398 g/mol. The molecule has 0 unspecified atom stereocenters. The van der Waals surface area contributed by atoms with E-state index in [1.54, 1.807) is 6.07 Å². The second-order valence-electron chi connectivity index (χ2n) is 5.93. The molecule has 0 atom stereocenters. The standard InChI is InChI=1S/C19H14ClF4N3O/c20-13-4-2-6-15(10-13)27-17(19(22,23)24)16(11-26-27)18(28)25-8-7-12-3-1-5-14(21)9-12/h1-6,9-11H,7-8H2,(H,25,28). The van der Waals surface area contributed by atoms with Gasteiger partial charge in [0, 0.05) is 11.6 Å². The Kier molecular flexibility index (Phi) is 5.69. The number of carbonyl (C=O) groups excluding carboxylic acids is 1. The molecule has 146 valence electrons. The van der Waals surface area contributed by atoms with Crippen LogP contribution in [0, 0.1) is 5.82 Å². The van der Waals surface area contributed by atoms with Crippen molar-refractivity contribution < 1.29 is 22.4 Å². The molecule has 0 spiro atoms. The van der Waals surface area contributed by atoms with Gasteiger partial charge in [0.25, 0.3) is 5.91 Å². The van der Waals surface area contributed by atoms with Crippen LogP contribution in [0.15, 0.2) is 54.7 Å². The van der Waals surface area contributed by atoms with Crippen LogP contribution in [-0.2, 0) is 12.6 Å². The summed E-state index contributed by atoms with van der Waals surface area (Å²) in [7, 11) is 0. The minimum absolute atomic E-state index is 0.0436. The summed E-state index contributed by atoms with van der Waals surface area (Å²) in [6, 6.07) is 11.5. The molecule has 0 radical (unpaired) electrons. The van der Waals surface area contributed by atoms with Crippen molar-refractivity contribution in [2.45, 2.75) is 12.6 Å². The topological polar surface area (TPSA) is 46.9 Å². The van der Waals surface area contributed by atoms with E-state index < -0.39 is 29.2 Å². The summed E-state index contributed by atoms with van der Waals surface area (Å²) < 4.78 is 54.6. The van der Waals surface area contributed by atoms with Gasteiger partial charge < -0.3 is 5.32 Å². The number of hydrogen-bond donors (Lipinski definition) is 1.